The van der Waals surface area contributed by atoms with Gasteiger partial charge in [0, 0.05) is 0 Å². The van der Waals surface area contributed by atoms with E-state index >= 15 is 0 Å². The second-order valence-corrected chi connectivity index (χ2v) is 9.38. The molecule has 0 aliphatic heterocycles. The van der Waals surface area contributed by atoms with E-state index in [2.05, 4.69) is 54.6 Å². The number of benzene rings is 1. The van der Waals surface area contributed by atoms with Crippen molar-refractivity contribution in [3.05, 3.63) is 21.8 Å². The molecule has 29 heavy (non-hydrogen) atoms. The third-order valence-corrected chi connectivity index (χ3v) is 6.28. The molecule has 0 amide bonds. The number of ether oxygens (including phenoxy) is 2. The van der Waals surface area contributed by atoms with Crippen LogP contribution < -0.4 is 9.47 Å². The maximum absolute atomic E-state index is 6.11. The molecule has 0 heterocycles. The van der Waals surface area contributed by atoms with Crippen LogP contribution in [-0.4, -0.2) is 13.2 Å². The molecule has 3 heteroatoms. The minimum atomic E-state index is 0.795. The summed E-state index contributed by atoms with van der Waals surface area (Å²) in [6.45, 7) is 6.14. The number of para-hydroxylation sites is 1. The molecule has 0 saturated carbocycles. The molecule has 1 aromatic rings. The first-order chi connectivity index (χ1) is 14.3. The maximum atomic E-state index is 6.11. The fourth-order valence-corrected chi connectivity index (χ4v) is 4.20. The van der Waals surface area contributed by atoms with E-state index in [-0.39, 0.29) is 0 Å². The Balaban J connectivity index is 2.16. The van der Waals surface area contributed by atoms with Gasteiger partial charge in [-0.1, -0.05) is 110 Å². The molecule has 2 nitrogen and oxygen atoms in total. The lowest BCUT2D eigenvalue weighted by atomic mass is 10.1. The van der Waals surface area contributed by atoms with Crippen LogP contribution in [0.15, 0.2) is 18.2 Å². The van der Waals surface area contributed by atoms with Gasteiger partial charge in [-0.2, -0.15) is 0 Å². The zero-order chi connectivity index (χ0) is 21.0. The summed E-state index contributed by atoms with van der Waals surface area (Å²) in [6.07, 6.45) is 21.2. The first-order valence-corrected chi connectivity index (χ1v) is 13.4. The maximum Gasteiger partial charge on any atom is 0.174 e. The summed E-state index contributed by atoms with van der Waals surface area (Å²) in [5.74, 6) is 1.86. The highest BCUT2D eigenvalue weighted by Gasteiger charge is 2.09. The van der Waals surface area contributed by atoms with Gasteiger partial charge >= 0.3 is 0 Å². The molecule has 0 radical (unpaired) electrons. The van der Waals surface area contributed by atoms with E-state index < -0.39 is 0 Å². The molecular formula is C26H45IO2. The van der Waals surface area contributed by atoms with Gasteiger partial charge in [0.2, 0.25) is 0 Å². The molecule has 168 valence electrons. The van der Waals surface area contributed by atoms with Crippen LogP contribution in [0.3, 0.4) is 0 Å². The zero-order valence-electron chi connectivity index (χ0n) is 19.2. The van der Waals surface area contributed by atoms with Crippen molar-refractivity contribution >= 4 is 22.6 Å². The van der Waals surface area contributed by atoms with Crippen LogP contribution in [0.2, 0.25) is 0 Å². The first-order valence-electron chi connectivity index (χ1n) is 12.3. The average molecular weight is 517 g/mol. The predicted octanol–water partition coefficient (Wildman–Crippen LogP) is 9.33. The normalized spacial score (nSPS) is 11.0. The molecule has 0 spiro atoms. The van der Waals surface area contributed by atoms with Gasteiger partial charge in [-0.3, -0.25) is 0 Å². The van der Waals surface area contributed by atoms with Gasteiger partial charge in [-0.05, 0) is 47.6 Å². The second-order valence-electron chi connectivity index (χ2n) is 8.21. The lowest BCUT2D eigenvalue weighted by Gasteiger charge is -2.14. The molecule has 0 fully saturated rings. The monoisotopic (exact) mass is 516 g/mol. The quantitative estimate of drug-likeness (QED) is 0.127. The van der Waals surface area contributed by atoms with Crippen LogP contribution in [-0.2, 0) is 0 Å². The summed E-state index contributed by atoms with van der Waals surface area (Å²) in [7, 11) is 0. The largest absolute Gasteiger partial charge is 0.490 e. The van der Waals surface area contributed by atoms with Crippen LogP contribution in [0.1, 0.15) is 117 Å². The van der Waals surface area contributed by atoms with E-state index in [4.69, 9.17) is 9.47 Å². The SMILES string of the molecule is CCCCCCCCCCOc1cccc(I)c1OCCCCCCCCCC. The van der Waals surface area contributed by atoms with E-state index in [1.807, 2.05) is 0 Å². The second kappa shape index (κ2) is 19.5. The Morgan fingerprint density at radius 2 is 1.03 bits per heavy atom. The molecule has 0 aliphatic rings. The average Bonchev–Trinajstić information content (AvgIpc) is 2.72. The van der Waals surface area contributed by atoms with Crippen LogP contribution in [0, 0.1) is 3.57 Å². The fraction of sp³-hybridized carbons (Fsp3) is 0.769. The topological polar surface area (TPSA) is 18.5 Å². The van der Waals surface area contributed by atoms with Crippen LogP contribution in [0.25, 0.3) is 0 Å². The van der Waals surface area contributed by atoms with Crippen molar-refractivity contribution in [2.24, 2.45) is 0 Å². The minimum Gasteiger partial charge on any atom is -0.490 e. The molecule has 0 unspecified atom stereocenters. The molecular weight excluding hydrogens is 471 g/mol. The zero-order valence-corrected chi connectivity index (χ0v) is 21.3. The van der Waals surface area contributed by atoms with Crippen molar-refractivity contribution in [3.8, 4) is 11.5 Å². The summed E-state index contributed by atoms with van der Waals surface area (Å²) in [6, 6.07) is 6.22. The molecule has 0 saturated heterocycles. The highest BCUT2D eigenvalue weighted by atomic mass is 127. The summed E-state index contributed by atoms with van der Waals surface area (Å²) in [5, 5.41) is 0. The number of rotatable bonds is 20. The van der Waals surface area contributed by atoms with Crippen molar-refractivity contribution in [2.45, 2.75) is 117 Å². The summed E-state index contributed by atoms with van der Waals surface area (Å²) in [5.41, 5.74) is 0. The standard InChI is InChI=1S/C26H45IO2/c1-3-5-7-9-11-13-15-17-22-28-25-21-19-20-24(27)26(25)29-23-18-16-14-12-10-8-6-4-2/h19-21H,3-18,22-23H2,1-2H3. The predicted molar refractivity (Wildman–Crippen MR) is 135 cm³/mol. The van der Waals surface area contributed by atoms with Gasteiger partial charge in [0.15, 0.2) is 11.5 Å². The fourth-order valence-electron chi connectivity index (χ4n) is 3.57. The van der Waals surface area contributed by atoms with Gasteiger partial charge in [-0.25, -0.2) is 0 Å². The highest BCUT2D eigenvalue weighted by molar-refractivity contribution is 14.1. The van der Waals surface area contributed by atoms with E-state index in [1.54, 1.807) is 0 Å². The van der Waals surface area contributed by atoms with Crippen LogP contribution in [0.5, 0.6) is 11.5 Å². The molecule has 0 aromatic heterocycles. The molecule has 0 bridgehead atoms. The van der Waals surface area contributed by atoms with E-state index in [0.717, 1.165) is 41.1 Å². The molecule has 0 aliphatic carbocycles. The Labute approximate surface area is 194 Å². The van der Waals surface area contributed by atoms with Gasteiger partial charge in [0.25, 0.3) is 0 Å². The molecule has 0 atom stereocenters. The number of hydrogen-bond acceptors (Lipinski definition) is 2. The third-order valence-electron chi connectivity index (χ3n) is 5.43. The van der Waals surface area contributed by atoms with E-state index in [9.17, 15) is 0 Å². The molecule has 1 aromatic carbocycles. The van der Waals surface area contributed by atoms with Crippen molar-refractivity contribution in [3.63, 3.8) is 0 Å². The lowest BCUT2D eigenvalue weighted by Crippen LogP contribution is -2.04. The van der Waals surface area contributed by atoms with Crippen molar-refractivity contribution in [1.29, 1.82) is 0 Å². The molecule has 0 N–H and O–H groups in total. The number of halogens is 1. The first kappa shape index (κ1) is 26.6. The van der Waals surface area contributed by atoms with E-state index in [1.165, 1.54) is 89.9 Å². The third kappa shape index (κ3) is 14.2. The van der Waals surface area contributed by atoms with Gasteiger partial charge < -0.3 is 9.47 Å². The summed E-state index contributed by atoms with van der Waals surface area (Å²) < 4.78 is 13.3. The van der Waals surface area contributed by atoms with Gasteiger partial charge in [0.1, 0.15) is 0 Å². The van der Waals surface area contributed by atoms with Gasteiger partial charge in [0.05, 0.1) is 16.8 Å². The van der Waals surface area contributed by atoms with Crippen molar-refractivity contribution in [1.82, 2.24) is 0 Å². The summed E-state index contributed by atoms with van der Waals surface area (Å²) in [4.78, 5) is 0. The van der Waals surface area contributed by atoms with Crippen LogP contribution >= 0.6 is 22.6 Å². The number of unbranched alkanes of at least 4 members (excludes halogenated alkanes) is 14. The lowest BCUT2D eigenvalue weighted by molar-refractivity contribution is 0.257. The highest BCUT2D eigenvalue weighted by Crippen LogP contribution is 2.32. The summed E-state index contributed by atoms with van der Waals surface area (Å²) >= 11 is 2.36. The molecule has 1 rings (SSSR count). The Morgan fingerprint density at radius 3 is 1.55 bits per heavy atom. The van der Waals surface area contributed by atoms with Crippen molar-refractivity contribution < 1.29 is 9.47 Å². The minimum absolute atomic E-state index is 0.795. The van der Waals surface area contributed by atoms with Gasteiger partial charge in [-0.15, -0.1) is 0 Å². The Bertz CT molecular complexity index is 490. The van der Waals surface area contributed by atoms with Crippen LogP contribution in [0.4, 0.5) is 0 Å². The Kier molecular flexibility index (Phi) is 17.9. The van der Waals surface area contributed by atoms with E-state index in [0.29, 0.717) is 0 Å². The number of hydrogen-bond donors (Lipinski definition) is 0. The Hall–Kier alpha value is -0.450. The van der Waals surface area contributed by atoms with Crippen molar-refractivity contribution in [2.75, 3.05) is 13.2 Å². The Morgan fingerprint density at radius 1 is 0.586 bits per heavy atom. The smallest absolute Gasteiger partial charge is 0.174 e.